The van der Waals surface area contributed by atoms with Crippen LogP contribution in [0.25, 0.3) is 0 Å². The maximum Gasteiger partial charge on any atom is 0.340 e. The maximum absolute atomic E-state index is 11.7. The van der Waals surface area contributed by atoms with E-state index in [0.29, 0.717) is 5.82 Å². The number of nitrogens with two attached hydrogens (primary N) is 1. The number of carbonyl (C=O) groups is 2. The van der Waals surface area contributed by atoms with Crippen molar-refractivity contribution in [2.75, 3.05) is 24.2 Å². The molecule has 0 aliphatic carbocycles. The van der Waals surface area contributed by atoms with E-state index in [1.165, 1.54) is 12.3 Å². The van der Waals surface area contributed by atoms with Crippen molar-refractivity contribution < 1.29 is 14.3 Å². The minimum atomic E-state index is -0.514. The molecule has 0 spiro atoms. The van der Waals surface area contributed by atoms with Crippen LogP contribution in [0.1, 0.15) is 38.1 Å². The first-order chi connectivity index (χ1) is 9.73. The number of hydrogen-bond acceptors (Lipinski definition) is 6. The molecule has 1 heterocycles. The van der Waals surface area contributed by atoms with Gasteiger partial charge in [-0.15, -0.1) is 0 Å². The molecule has 4 N–H and O–H groups in total. The zero-order chi connectivity index (χ0) is 16.0. The van der Waals surface area contributed by atoms with Gasteiger partial charge in [-0.3, -0.25) is 4.79 Å². The van der Waals surface area contributed by atoms with E-state index in [9.17, 15) is 9.59 Å². The second-order valence-corrected chi connectivity index (χ2v) is 5.53. The molecule has 0 atom stereocenters. The van der Waals surface area contributed by atoms with Crippen LogP contribution in [0.3, 0.4) is 0 Å². The number of aromatic nitrogens is 1. The molecule has 0 bridgehead atoms. The molecule has 0 saturated carbocycles. The average molecular weight is 294 g/mol. The van der Waals surface area contributed by atoms with Gasteiger partial charge in [0.15, 0.2) is 0 Å². The molecule has 21 heavy (non-hydrogen) atoms. The lowest BCUT2D eigenvalue weighted by Crippen LogP contribution is -2.43. The van der Waals surface area contributed by atoms with Crippen molar-refractivity contribution in [1.29, 1.82) is 0 Å². The van der Waals surface area contributed by atoms with Gasteiger partial charge in [0, 0.05) is 5.54 Å². The summed E-state index contributed by atoms with van der Waals surface area (Å²) in [5, 5.41) is 5.66. The van der Waals surface area contributed by atoms with E-state index < -0.39 is 5.97 Å². The van der Waals surface area contributed by atoms with Gasteiger partial charge in [-0.05, 0) is 33.8 Å². The number of ether oxygens (including phenoxy) is 1. The molecule has 0 aliphatic rings. The molecule has 0 fully saturated rings. The van der Waals surface area contributed by atoms with Gasteiger partial charge in [0.05, 0.1) is 30.6 Å². The quantitative estimate of drug-likeness (QED) is 0.704. The predicted molar refractivity (Wildman–Crippen MR) is 81.0 cm³/mol. The van der Waals surface area contributed by atoms with Crippen LogP contribution in [0.15, 0.2) is 12.3 Å². The van der Waals surface area contributed by atoms with Gasteiger partial charge in [0.25, 0.3) is 0 Å². The zero-order valence-corrected chi connectivity index (χ0v) is 12.8. The first kappa shape index (κ1) is 16.7. The first-order valence-corrected chi connectivity index (χ1v) is 6.70. The van der Waals surface area contributed by atoms with Crippen LogP contribution in [0, 0.1) is 0 Å². The Morgan fingerprint density at radius 2 is 2.05 bits per heavy atom. The van der Waals surface area contributed by atoms with Gasteiger partial charge >= 0.3 is 5.97 Å². The summed E-state index contributed by atoms with van der Waals surface area (Å²) in [6.45, 7) is 7.71. The Kier molecular flexibility index (Phi) is 5.52. The van der Waals surface area contributed by atoms with Crippen LogP contribution in [0.2, 0.25) is 0 Å². The van der Waals surface area contributed by atoms with Gasteiger partial charge in [0.1, 0.15) is 5.82 Å². The summed E-state index contributed by atoms with van der Waals surface area (Å²) in [5.74, 6) is -0.297. The normalized spacial score (nSPS) is 10.9. The van der Waals surface area contributed by atoms with E-state index in [0.717, 1.165) is 0 Å². The van der Waals surface area contributed by atoms with Crippen molar-refractivity contribution in [3.05, 3.63) is 17.8 Å². The molecular weight excluding hydrogens is 272 g/mol. The zero-order valence-electron chi connectivity index (χ0n) is 12.8. The van der Waals surface area contributed by atoms with Gasteiger partial charge in [-0.1, -0.05) is 0 Å². The van der Waals surface area contributed by atoms with Crippen molar-refractivity contribution in [2.24, 2.45) is 0 Å². The number of anilines is 2. The summed E-state index contributed by atoms with van der Waals surface area (Å²) >= 11 is 0. The summed E-state index contributed by atoms with van der Waals surface area (Å²) < 4.78 is 4.90. The lowest BCUT2D eigenvalue weighted by Gasteiger charge is -2.20. The number of rotatable bonds is 5. The molecule has 0 aromatic carbocycles. The monoisotopic (exact) mass is 294 g/mol. The van der Waals surface area contributed by atoms with Crippen LogP contribution in [-0.2, 0) is 9.53 Å². The molecule has 0 aliphatic heterocycles. The van der Waals surface area contributed by atoms with E-state index in [-0.39, 0.29) is 35.8 Å². The lowest BCUT2D eigenvalue weighted by atomic mass is 10.1. The smallest absolute Gasteiger partial charge is 0.340 e. The molecule has 1 aromatic heterocycles. The Bertz CT molecular complexity index is 523. The SMILES string of the molecule is CCOC(=O)c1cc(NCC(=O)NC(C)(C)C)ncc1N. The van der Waals surface area contributed by atoms with Crippen LogP contribution >= 0.6 is 0 Å². The second-order valence-electron chi connectivity index (χ2n) is 5.53. The fourth-order valence-corrected chi connectivity index (χ4v) is 1.58. The number of nitrogens with zero attached hydrogens (tertiary/aromatic N) is 1. The third kappa shape index (κ3) is 5.68. The van der Waals surface area contributed by atoms with Crippen LogP contribution < -0.4 is 16.4 Å². The van der Waals surface area contributed by atoms with Gasteiger partial charge in [-0.2, -0.15) is 0 Å². The van der Waals surface area contributed by atoms with E-state index in [1.807, 2.05) is 20.8 Å². The fraction of sp³-hybridized carbons (Fsp3) is 0.500. The van der Waals surface area contributed by atoms with Crippen LogP contribution in [0.5, 0.6) is 0 Å². The van der Waals surface area contributed by atoms with Crippen molar-refractivity contribution >= 4 is 23.4 Å². The highest BCUT2D eigenvalue weighted by atomic mass is 16.5. The molecule has 7 nitrogen and oxygen atoms in total. The molecule has 7 heteroatoms. The number of carbonyl (C=O) groups excluding carboxylic acids is 2. The third-order valence-electron chi connectivity index (χ3n) is 2.37. The molecule has 1 amide bonds. The van der Waals surface area contributed by atoms with Crippen LogP contribution in [-0.4, -0.2) is 35.6 Å². The first-order valence-electron chi connectivity index (χ1n) is 6.70. The van der Waals surface area contributed by atoms with E-state index in [1.54, 1.807) is 6.92 Å². The second kappa shape index (κ2) is 6.92. The summed E-state index contributed by atoms with van der Waals surface area (Å²) in [7, 11) is 0. The third-order valence-corrected chi connectivity index (χ3v) is 2.37. The molecule has 116 valence electrons. The Morgan fingerprint density at radius 3 is 2.62 bits per heavy atom. The summed E-state index contributed by atoms with van der Waals surface area (Å²) in [4.78, 5) is 27.4. The maximum atomic E-state index is 11.7. The average Bonchev–Trinajstić information content (AvgIpc) is 2.36. The largest absolute Gasteiger partial charge is 0.462 e. The Morgan fingerprint density at radius 1 is 1.38 bits per heavy atom. The van der Waals surface area contributed by atoms with Gasteiger partial charge in [-0.25, -0.2) is 9.78 Å². The highest BCUT2D eigenvalue weighted by Gasteiger charge is 2.15. The molecule has 0 saturated heterocycles. The van der Waals surface area contributed by atoms with Crippen LogP contribution in [0.4, 0.5) is 11.5 Å². The molecule has 0 radical (unpaired) electrons. The minimum absolute atomic E-state index is 0.0520. The molecular formula is C14H22N4O3. The fourth-order valence-electron chi connectivity index (χ4n) is 1.58. The molecule has 0 unspecified atom stereocenters. The number of esters is 1. The van der Waals surface area contributed by atoms with Crippen molar-refractivity contribution in [2.45, 2.75) is 33.2 Å². The van der Waals surface area contributed by atoms with E-state index in [2.05, 4.69) is 15.6 Å². The van der Waals surface area contributed by atoms with Crippen molar-refractivity contribution in [1.82, 2.24) is 10.3 Å². The Balaban J connectivity index is 2.70. The topological polar surface area (TPSA) is 106 Å². The van der Waals surface area contributed by atoms with E-state index in [4.69, 9.17) is 10.5 Å². The Labute approximate surface area is 124 Å². The summed E-state index contributed by atoms with van der Waals surface area (Å²) in [6, 6.07) is 1.47. The predicted octanol–water partition coefficient (Wildman–Crippen LogP) is 1.17. The number of amides is 1. The number of hydrogen-bond donors (Lipinski definition) is 3. The lowest BCUT2D eigenvalue weighted by molar-refractivity contribution is -0.120. The summed E-state index contributed by atoms with van der Waals surface area (Å²) in [5.41, 5.74) is 5.85. The number of pyridine rings is 1. The molecule has 1 aromatic rings. The highest BCUT2D eigenvalue weighted by molar-refractivity contribution is 5.95. The van der Waals surface area contributed by atoms with Gasteiger partial charge in [0.2, 0.25) is 5.91 Å². The number of nitrogen functional groups attached to an aromatic ring is 1. The van der Waals surface area contributed by atoms with Crippen molar-refractivity contribution in [3.63, 3.8) is 0 Å². The highest BCUT2D eigenvalue weighted by Crippen LogP contribution is 2.16. The minimum Gasteiger partial charge on any atom is -0.462 e. The van der Waals surface area contributed by atoms with Gasteiger partial charge < -0.3 is 21.1 Å². The Hall–Kier alpha value is -2.31. The summed E-state index contributed by atoms with van der Waals surface area (Å²) in [6.07, 6.45) is 1.36. The standard InChI is InChI=1S/C14H22N4O3/c1-5-21-13(20)9-6-11(16-7-10(9)15)17-8-12(19)18-14(2,3)4/h6-7H,5,8,15H2,1-4H3,(H,16,17)(H,18,19). The van der Waals surface area contributed by atoms with E-state index >= 15 is 0 Å². The number of nitrogens with one attached hydrogen (secondary N) is 2. The van der Waals surface area contributed by atoms with Crippen molar-refractivity contribution in [3.8, 4) is 0 Å². The molecule has 1 rings (SSSR count).